The summed E-state index contributed by atoms with van der Waals surface area (Å²) in [5, 5.41) is 2.98. The Kier molecular flexibility index (Phi) is 6.24. The maximum atomic E-state index is 9.79. The molecule has 0 saturated carbocycles. The average molecular weight is 700 g/mol. The molecule has 0 N–H and O–H groups in total. The van der Waals surface area contributed by atoms with Gasteiger partial charge >= 0.3 is 0 Å². The van der Waals surface area contributed by atoms with Crippen LogP contribution in [0, 0.1) is 0 Å². The van der Waals surface area contributed by atoms with Crippen molar-refractivity contribution in [1.29, 1.82) is 0 Å². The van der Waals surface area contributed by atoms with Gasteiger partial charge in [-0.05, 0) is 74.4 Å². The molecule has 2 aromatic heterocycles. The van der Waals surface area contributed by atoms with Crippen molar-refractivity contribution < 1.29 is 8.22 Å². The third-order valence-corrected chi connectivity index (χ3v) is 10.5. The second-order valence-corrected chi connectivity index (χ2v) is 13.8. The number of nitrogens with zero attached hydrogens (tertiary/aromatic N) is 3. The first-order valence-corrected chi connectivity index (χ1v) is 18.1. The number of hydrogen-bond donors (Lipinski definition) is 0. The molecule has 0 radical (unpaired) electrons. The molecule has 4 heteroatoms. The molecule has 2 heterocycles. The highest BCUT2D eigenvalue weighted by molar-refractivity contribution is 7.26. The molecular formula is C49H31N3S. The molecule has 0 aliphatic rings. The van der Waals surface area contributed by atoms with Crippen LogP contribution in [0.2, 0.25) is 0 Å². The van der Waals surface area contributed by atoms with Gasteiger partial charge in [0.1, 0.15) is 0 Å². The summed E-state index contributed by atoms with van der Waals surface area (Å²) in [4.78, 5) is 15.1. The lowest BCUT2D eigenvalue weighted by Gasteiger charge is -2.12. The zero-order chi connectivity index (χ0) is 40.4. The molecule has 10 rings (SSSR count). The fraction of sp³-hybridized carbons (Fsp3) is 0. The minimum Gasteiger partial charge on any atom is -0.208 e. The van der Waals surface area contributed by atoms with Crippen molar-refractivity contribution >= 4 is 42.3 Å². The predicted molar refractivity (Wildman–Crippen MR) is 223 cm³/mol. The number of fused-ring (bicyclic) bond motifs is 4. The van der Waals surface area contributed by atoms with Gasteiger partial charge in [-0.3, -0.25) is 0 Å². The first-order valence-electron chi connectivity index (χ1n) is 20.3. The molecule has 0 bridgehead atoms. The van der Waals surface area contributed by atoms with E-state index < -0.39 is 0 Å². The van der Waals surface area contributed by atoms with Gasteiger partial charge in [-0.25, -0.2) is 15.0 Å². The van der Waals surface area contributed by atoms with Crippen LogP contribution in [0.25, 0.3) is 98.5 Å². The van der Waals surface area contributed by atoms with E-state index in [0.29, 0.717) is 37.6 Å². The van der Waals surface area contributed by atoms with E-state index >= 15 is 0 Å². The van der Waals surface area contributed by atoms with E-state index in [4.69, 9.17) is 20.4 Å². The minimum atomic E-state index is -0.387. The van der Waals surface area contributed by atoms with Gasteiger partial charge in [-0.2, -0.15) is 0 Å². The summed E-state index contributed by atoms with van der Waals surface area (Å²) in [6.45, 7) is 0. The van der Waals surface area contributed by atoms with Crippen molar-refractivity contribution in [2.75, 3.05) is 0 Å². The maximum Gasteiger partial charge on any atom is 0.164 e. The molecule has 0 aliphatic carbocycles. The highest BCUT2D eigenvalue weighted by Gasteiger charge is 2.19. The number of hydrogen-bond acceptors (Lipinski definition) is 4. The third-order valence-electron chi connectivity index (χ3n) is 9.45. The third kappa shape index (κ3) is 5.85. The molecule has 0 saturated heterocycles. The molecule has 3 nitrogen and oxygen atoms in total. The Labute approximate surface area is 320 Å². The molecule has 0 spiro atoms. The van der Waals surface area contributed by atoms with Crippen molar-refractivity contribution in [1.82, 2.24) is 15.0 Å². The Morgan fingerprint density at radius 2 is 0.962 bits per heavy atom. The van der Waals surface area contributed by atoms with Gasteiger partial charge in [-0.1, -0.05) is 158 Å². The van der Waals surface area contributed by atoms with Gasteiger partial charge in [-0.15, -0.1) is 11.3 Å². The molecule has 53 heavy (non-hydrogen) atoms. The summed E-state index contributed by atoms with van der Waals surface area (Å²) in [5.41, 5.74) is 6.97. The number of rotatable bonds is 6. The fourth-order valence-electron chi connectivity index (χ4n) is 6.79. The number of aromatic nitrogens is 3. The molecule has 0 atom stereocenters. The van der Waals surface area contributed by atoms with E-state index in [1.165, 1.54) is 10.8 Å². The SMILES string of the molecule is [2H]c1c([2H])c([2H])c2c(sc3c([2H])c(-c4ccccc4)c([2H])c(-c4nc(-c5ccccc5)nc(-c5cccc(-c6ccc(-c7ccc8ccccc8c7)cc6)c5)n4)c32)c1[2H]. The molecule has 0 aliphatic heterocycles. The molecule has 0 amide bonds. The normalized spacial score (nSPS) is 13.0. The topological polar surface area (TPSA) is 38.7 Å². The number of thiophene rings is 1. The fourth-order valence-corrected chi connectivity index (χ4v) is 7.81. The summed E-state index contributed by atoms with van der Waals surface area (Å²) in [5.74, 6) is 0.910. The van der Waals surface area contributed by atoms with Gasteiger partial charge in [0.25, 0.3) is 0 Å². The Balaban J connectivity index is 1.18. The van der Waals surface area contributed by atoms with Crippen LogP contribution in [-0.4, -0.2) is 15.0 Å². The minimum absolute atomic E-state index is 0.0165. The van der Waals surface area contributed by atoms with E-state index in [-0.39, 0.29) is 53.0 Å². The molecule has 8 aromatic carbocycles. The van der Waals surface area contributed by atoms with Gasteiger partial charge in [0.2, 0.25) is 0 Å². The Morgan fingerprint density at radius 3 is 1.74 bits per heavy atom. The molecule has 0 unspecified atom stereocenters. The smallest absolute Gasteiger partial charge is 0.164 e. The largest absolute Gasteiger partial charge is 0.208 e. The zero-order valence-corrected chi connectivity index (χ0v) is 29.0. The lowest BCUT2D eigenvalue weighted by atomic mass is 9.97. The number of benzene rings is 8. The maximum absolute atomic E-state index is 9.79. The summed E-state index contributed by atoms with van der Waals surface area (Å²) in [6, 6.07) is 49.0. The van der Waals surface area contributed by atoms with Crippen LogP contribution in [0.3, 0.4) is 0 Å². The van der Waals surface area contributed by atoms with E-state index in [1.54, 1.807) is 0 Å². The lowest BCUT2D eigenvalue weighted by Crippen LogP contribution is -2.00. The molecular weight excluding hydrogens is 663 g/mol. The van der Waals surface area contributed by atoms with Crippen LogP contribution in [0.4, 0.5) is 0 Å². The van der Waals surface area contributed by atoms with Crippen LogP contribution < -0.4 is 0 Å². The Morgan fingerprint density at radius 1 is 0.396 bits per heavy atom. The van der Waals surface area contributed by atoms with Crippen molar-refractivity contribution in [3.63, 3.8) is 0 Å². The highest BCUT2D eigenvalue weighted by Crippen LogP contribution is 2.42. The van der Waals surface area contributed by atoms with Crippen molar-refractivity contribution in [3.05, 3.63) is 188 Å². The summed E-state index contributed by atoms with van der Waals surface area (Å²) in [7, 11) is 0. The molecule has 248 valence electrons. The van der Waals surface area contributed by atoms with Crippen LogP contribution in [-0.2, 0) is 0 Å². The average Bonchev–Trinajstić information content (AvgIpc) is 3.69. The highest BCUT2D eigenvalue weighted by atomic mass is 32.1. The Hall–Kier alpha value is -6.75. The zero-order valence-electron chi connectivity index (χ0n) is 34.2. The van der Waals surface area contributed by atoms with Crippen LogP contribution in [0.15, 0.2) is 188 Å². The summed E-state index contributed by atoms with van der Waals surface area (Å²) >= 11 is 1.13. The first kappa shape index (κ1) is 25.2. The monoisotopic (exact) mass is 699 g/mol. The predicted octanol–water partition coefficient (Wildman–Crippen LogP) is 13.4. The van der Waals surface area contributed by atoms with Crippen molar-refractivity contribution in [3.8, 4) is 67.5 Å². The molecule has 0 fully saturated rings. The van der Waals surface area contributed by atoms with E-state index in [9.17, 15) is 2.74 Å². The van der Waals surface area contributed by atoms with E-state index in [1.807, 2.05) is 91.0 Å². The van der Waals surface area contributed by atoms with Crippen LogP contribution in [0.5, 0.6) is 0 Å². The van der Waals surface area contributed by atoms with Gasteiger partial charge < -0.3 is 0 Å². The lowest BCUT2D eigenvalue weighted by molar-refractivity contribution is 1.08. The standard InChI is InChI=1S/C49H31N3S/c1-3-12-32(13-4-1)41-30-43(46-42-20-9-10-21-44(42)53-45(46)31-41)49-51-47(36-15-5-2-6-16-36)50-48(52-49)40-19-11-18-38(29-40)34-22-24-35(25-23-34)39-27-26-33-14-7-8-17-37(33)28-39/h1-31H/i9D,10D,20D,21D,30D,31D. The summed E-state index contributed by atoms with van der Waals surface area (Å²) in [6.07, 6.45) is 0. The van der Waals surface area contributed by atoms with Crippen molar-refractivity contribution in [2.24, 2.45) is 0 Å². The quantitative estimate of drug-likeness (QED) is 0.173. The van der Waals surface area contributed by atoms with Crippen molar-refractivity contribution in [2.45, 2.75) is 0 Å². The van der Waals surface area contributed by atoms with Gasteiger partial charge in [0.15, 0.2) is 17.5 Å². The summed E-state index contributed by atoms with van der Waals surface area (Å²) < 4.78 is 54.8. The van der Waals surface area contributed by atoms with E-state index in [0.717, 1.165) is 44.7 Å². The molecule has 10 aromatic rings. The first-order chi connectivity index (χ1) is 28.7. The van der Waals surface area contributed by atoms with Crippen LogP contribution in [0.1, 0.15) is 8.22 Å². The Bertz CT molecular complexity index is 3280. The van der Waals surface area contributed by atoms with E-state index in [2.05, 4.69) is 60.7 Å². The van der Waals surface area contributed by atoms with Crippen LogP contribution >= 0.6 is 11.3 Å². The second kappa shape index (κ2) is 13.1. The van der Waals surface area contributed by atoms with Gasteiger partial charge in [0.05, 0.1) is 8.22 Å². The second-order valence-electron chi connectivity index (χ2n) is 12.8. The van der Waals surface area contributed by atoms with Gasteiger partial charge in [0, 0.05) is 36.9 Å².